The first kappa shape index (κ1) is 34.9. The van der Waals surface area contributed by atoms with Crippen LogP contribution in [-0.2, 0) is 32.5 Å². The quantitative estimate of drug-likeness (QED) is 0.151. The van der Waals surface area contributed by atoms with Crippen molar-refractivity contribution in [1.29, 1.82) is 0 Å². The first-order chi connectivity index (χ1) is 22.3. The van der Waals surface area contributed by atoms with Crippen LogP contribution in [0.25, 0.3) is 11.1 Å². The fourth-order valence-corrected chi connectivity index (χ4v) is 5.98. The van der Waals surface area contributed by atoms with E-state index in [-0.39, 0.29) is 18.3 Å². The van der Waals surface area contributed by atoms with Crippen molar-refractivity contribution in [2.24, 2.45) is 11.7 Å². The number of hydrogen-bond acceptors (Lipinski definition) is 4. The second-order valence-corrected chi connectivity index (χ2v) is 11.8. The van der Waals surface area contributed by atoms with Crippen molar-refractivity contribution in [3.05, 3.63) is 125 Å². The highest BCUT2D eigenvalue weighted by Crippen LogP contribution is 2.39. The number of primary amides is 1. The zero-order valence-electron chi connectivity index (χ0n) is 26.9. The molecule has 1 atom stereocenters. The zero-order chi connectivity index (χ0) is 34.4. The molecule has 6 nitrogen and oxygen atoms in total. The van der Waals surface area contributed by atoms with Crippen LogP contribution in [0.1, 0.15) is 79.1 Å². The molecule has 47 heavy (non-hydrogen) atoms. The molecule has 4 aromatic rings. The molecule has 246 valence electrons. The molecule has 0 aliphatic heterocycles. The number of rotatable bonds is 12. The van der Waals surface area contributed by atoms with E-state index in [2.05, 4.69) is 5.32 Å². The summed E-state index contributed by atoms with van der Waals surface area (Å²) >= 11 is 0. The standard InChI is InChI=1S/C38H39F3N2O4/c1-5-27(6-2)37(36(42)46,28-12-8-7-9-13-28)47-34(44)23-25-16-21-33(32(22-25)24(3)4)43-35(45)31-15-11-10-14-30(31)26-17-19-29(20-18-26)38(39,40)41/h7-22,24,27H,5-6,23H2,1-4H3,(H2,42,46)(H,43,45). The largest absolute Gasteiger partial charge is 0.443 e. The lowest BCUT2D eigenvalue weighted by Gasteiger charge is -2.37. The molecule has 0 fully saturated rings. The average molecular weight is 645 g/mol. The van der Waals surface area contributed by atoms with E-state index in [0.29, 0.717) is 46.3 Å². The maximum absolute atomic E-state index is 13.5. The number of alkyl halides is 3. The van der Waals surface area contributed by atoms with Gasteiger partial charge in [0.1, 0.15) is 0 Å². The molecule has 2 amide bonds. The third-order valence-electron chi connectivity index (χ3n) is 8.43. The minimum Gasteiger partial charge on any atom is -0.443 e. The molecule has 0 aliphatic carbocycles. The van der Waals surface area contributed by atoms with Crippen LogP contribution in [-0.4, -0.2) is 17.8 Å². The van der Waals surface area contributed by atoms with Gasteiger partial charge in [0, 0.05) is 22.7 Å². The molecule has 0 spiro atoms. The summed E-state index contributed by atoms with van der Waals surface area (Å²) < 4.78 is 45.3. The third kappa shape index (κ3) is 7.73. The van der Waals surface area contributed by atoms with E-state index in [4.69, 9.17) is 10.5 Å². The first-order valence-corrected chi connectivity index (χ1v) is 15.6. The minimum absolute atomic E-state index is 0.0509. The van der Waals surface area contributed by atoms with Gasteiger partial charge in [0.15, 0.2) is 0 Å². The topological polar surface area (TPSA) is 98.5 Å². The lowest BCUT2D eigenvalue weighted by atomic mass is 9.77. The molecule has 0 aliphatic rings. The summed E-state index contributed by atoms with van der Waals surface area (Å²) in [6.45, 7) is 7.74. The summed E-state index contributed by atoms with van der Waals surface area (Å²) in [4.78, 5) is 40.0. The summed E-state index contributed by atoms with van der Waals surface area (Å²) in [5.74, 6) is -2.17. The fraction of sp³-hybridized carbons (Fsp3) is 0.289. The van der Waals surface area contributed by atoms with Crippen molar-refractivity contribution in [3.63, 3.8) is 0 Å². The Kier molecular flexibility index (Phi) is 10.9. The Morgan fingerprint density at radius 1 is 0.809 bits per heavy atom. The van der Waals surface area contributed by atoms with Crippen molar-refractivity contribution < 1.29 is 32.3 Å². The Bertz CT molecular complexity index is 1720. The Balaban J connectivity index is 1.59. The normalized spacial score (nSPS) is 12.9. The van der Waals surface area contributed by atoms with Crippen LogP contribution >= 0.6 is 0 Å². The molecule has 4 aromatic carbocycles. The zero-order valence-corrected chi connectivity index (χ0v) is 26.9. The summed E-state index contributed by atoms with van der Waals surface area (Å²) in [5, 5.41) is 2.94. The van der Waals surface area contributed by atoms with Gasteiger partial charge in [-0.2, -0.15) is 13.2 Å². The molecular formula is C38H39F3N2O4. The summed E-state index contributed by atoms with van der Waals surface area (Å²) in [6, 6.07) is 25.4. The molecule has 1 unspecified atom stereocenters. The highest BCUT2D eigenvalue weighted by Gasteiger charge is 2.48. The predicted octanol–water partition coefficient (Wildman–Crippen LogP) is 8.65. The van der Waals surface area contributed by atoms with Crippen LogP contribution in [0, 0.1) is 5.92 Å². The molecule has 0 heterocycles. The second-order valence-electron chi connectivity index (χ2n) is 11.8. The number of hydrogen-bond donors (Lipinski definition) is 2. The van der Waals surface area contributed by atoms with Gasteiger partial charge in [0.05, 0.1) is 12.0 Å². The molecule has 0 radical (unpaired) electrons. The van der Waals surface area contributed by atoms with Crippen molar-refractivity contribution in [2.75, 3.05) is 5.32 Å². The number of esters is 1. The van der Waals surface area contributed by atoms with Crippen LogP contribution in [0.5, 0.6) is 0 Å². The van der Waals surface area contributed by atoms with Gasteiger partial charge >= 0.3 is 12.1 Å². The average Bonchev–Trinajstić information content (AvgIpc) is 3.05. The lowest BCUT2D eigenvalue weighted by molar-refractivity contribution is -0.176. The summed E-state index contributed by atoms with van der Waals surface area (Å²) in [5.41, 5.74) is 7.22. The van der Waals surface area contributed by atoms with Gasteiger partial charge in [-0.3, -0.25) is 14.4 Å². The predicted molar refractivity (Wildman–Crippen MR) is 177 cm³/mol. The molecule has 9 heteroatoms. The number of benzene rings is 4. The summed E-state index contributed by atoms with van der Waals surface area (Å²) in [7, 11) is 0. The highest BCUT2D eigenvalue weighted by atomic mass is 19.4. The van der Waals surface area contributed by atoms with Crippen LogP contribution in [0.3, 0.4) is 0 Å². The molecule has 0 saturated carbocycles. The van der Waals surface area contributed by atoms with Crippen LogP contribution < -0.4 is 11.1 Å². The Morgan fingerprint density at radius 2 is 1.43 bits per heavy atom. The number of ether oxygens (including phenoxy) is 1. The minimum atomic E-state index is -4.47. The van der Waals surface area contributed by atoms with E-state index in [1.807, 2.05) is 39.8 Å². The fourth-order valence-electron chi connectivity index (χ4n) is 5.98. The molecule has 0 saturated heterocycles. The Labute approximate surface area is 273 Å². The highest BCUT2D eigenvalue weighted by molar-refractivity contribution is 6.09. The SMILES string of the molecule is CCC(CC)C(OC(=O)Cc1ccc(NC(=O)c2ccccc2-c2ccc(C(F)(F)F)cc2)c(C(C)C)c1)(C(N)=O)c1ccccc1. The number of amides is 2. The molecule has 3 N–H and O–H groups in total. The van der Waals surface area contributed by atoms with Crippen molar-refractivity contribution in [1.82, 2.24) is 0 Å². The van der Waals surface area contributed by atoms with Crippen LogP contribution in [0.4, 0.5) is 18.9 Å². The number of nitrogens with one attached hydrogen (secondary N) is 1. The number of halogens is 3. The van der Waals surface area contributed by atoms with Gasteiger partial charge in [-0.25, -0.2) is 0 Å². The molecular weight excluding hydrogens is 605 g/mol. The van der Waals surface area contributed by atoms with Gasteiger partial charge in [0.25, 0.3) is 11.8 Å². The maximum atomic E-state index is 13.5. The van der Waals surface area contributed by atoms with Crippen molar-refractivity contribution >= 4 is 23.5 Å². The Morgan fingerprint density at radius 3 is 2.00 bits per heavy atom. The van der Waals surface area contributed by atoms with E-state index < -0.39 is 35.1 Å². The van der Waals surface area contributed by atoms with Gasteiger partial charge in [-0.15, -0.1) is 0 Å². The van der Waals surface area contributed by atoms with Gasteiger partial charge < -0.3 is 15.8 Å². The monoisotopic (exact) mass is 644 g/mol. The van der Waals surface area contributed by atoms with Gasteiger partial charge in [-0.1, -0.05) is 100 Å². The number of carbonyl (C=O) groups excluding carboxylic acids is 3. The summed E-state index contributed by atoms with van der Waals surface area (Å²) in [6.07, 6.45) is -3.47. The number of anilines is 1. The van der Waals surface area contributed by atoms with E-state index in [1.54, 1.807) is 60.7 Å². The molecule has 4 rings (SSSR count). The van der Waals surface area contributed by atoms with E-state index in [0.717, 1.165) is 17.7 Å². The smallest absolute Gasteiger partial charge is 0.416 e. The van der Waals surface area contributed by atoms with Crippen molar-refractivity contribution in [2.45, 2.75) is 64.7 Å². The van der Waals surface area contributed by atoms with Gasteiger partial charge in [-0.05, 0) is 65.3 Å². The Hall–Kier alpha value is -4.92. The number of carbonyl (C=O) groups is 3. The molecule has 0 aromatic heterocycles. The van der Waals surface area contributed by atoms with E-state index in [1.165, 1.54) is 12.1 Å². The van der Waals surface area contributed by atoms with Crippen LogP contribution in [0.15, 0.2) is 97.1 Å². The third-order valence-corrected chi connectivity index (χ3v) is 8.43. The van der Waals surface area contributed by atoms with E-state index in [9.17, 15) is 27.6 Å². The molecule has 0 bridgehead atoms. The van der Waals surface area contributed by atoms with Crippen molar-refractivity contribution in [3.8, 4) is 11.1 Å². The first-order valence-electron chi connectivity index (χ1n) is 15.6. The second kappa shape index (κ2) is 14.7. The maximum Gasteiger partial charge on any atom is 0.416 e. The number of nitrogens with two attached hydrogens (primary N) is 1. The van der Waals surface area contributed by atoms with E-state index >= 15 is 0 Å². The van der Waals surface area contributed by atoms with Crippen LogP contribution in [0.2, 0.25) is 0 Å². The lowest BCUT2D eigenvalue weighted by Crippen LogP contribution is -2.50. The van der Waals surface area contributed by atoms with Gasteiger partial charge in [0.2, 0.25) is 5.60 Å².